The first-order valence-electron chi connectivity index (χ1n) is 7.66. The van der Waals surface area contributed by atoms with Gasteiger partial charge in [0.25, 0.3) is 5.92 Å². The Balaban J connectivity index is 1.97. The molecule has 3 nitrogen and oxygen atoms in total. The molecule has 1 aliphatic carbocycles. The molecule has 4 rings (SSSR count). The van der Waals surface area contributed by atoms with Crippen LogP contribution in [0.25, 0.3) is 16.8 Å². The van der Waals surface area contributed by atoms with Gasteiger partial charge < -0.3 is 14.1 Å². The summed E-state index contributed by atoms with van der Waals surface area (Å²) < 4.78 is 48.5. The Morgan fingerprint density at radius 2 is 2.08 bits per heavy atom. The Bertz CT molecular complexity index is 914. The van der Waals surface area contributed by atoms with Crippen LogP contribution in [-0.4, -0.2) is 15.6 Å². The highest BCUT2D eigenvalue weighted by Gasteiger charge is 2.46. The largest absolute Gasteiger partial charge is 0.472 e. The van der Waals surface area contributed by atoms with Crippen LogP contribution in [-0.2, 0) is 6.42 Å². The molecule has 3 aromatic rings. The predicted molar refractivity (Wildman–Crippen MR) is 86.7 cm³/mol. The number of aliphatic hydroxyl groups excluding tert-OH is 1. The lowest BCUT2D eigenvalue weighted by molar-refractivity contribution is -0.121. The molecule has 1 atom stereocenters. The Hall–Kier alpha value is -2.18. The van der Waals surface area contributed by atoms with E-state index >= 15 is 0 Å². The molecule has 2 heterocycles. The van der Waals surface area contributed by atoms with Crippen molar-refractivity contribution in [1.29, 1.82) is 0 Å². The van der Waals surface area contributed by atoms with Gasteiger partial charge in [0.05, 0.1) is 12.5 Å². The van der Waals surface area contributed by atoms with Gasteiger partial charge in [0, 0.05) is 45.7 Å². The molecule has 1 N–H and O–H groups in total. The zero-order valence-corrected chi connectivity index (χ0v) is 13.6. The number of fused-ring (bicyclic) bond motifs is 1. The smallest absolute Gasteiger partial charge is 0.278 e. The van der Waals surface area contributed by atoms with E-state index in [-0.39, 0.29) is 17.0 Å². The number of benzene rings is 1. The van der Waals surface area contributed by atoms with E-state index in [1.54, 1.807) is 22.9 Å². The fourth-order valence-corrected chi connectivity index (χ4v) is 3.53. The first kappa shape index (κ1) is 16.3. The number of rotatable bonds is 2. The molecule has 25 heavy (non-hydrogen) atoms. The van der Waals surface area contributed by atoms with Crippen LogP contribution in [0.1, 0.15) is 23.8 Å². The molecule has 0 radical (unpaired) electrons. The van der Waals surface area contributed by atoms with Gasteiger partial charge in [0.15, 0.2) is 0 Å². The van der Waals surface area contributed by atoms with E-state index in [4.69, 9.17) is 16.0 Å². The molecule has 130 valence electrons. The van der Waals surface area contributed by atoms with E-state index < -0.39 is 24.3 Å². The molecule has 0 bridgehead atoms. The summed E-state index contributed by atoms with van der Waals surface area (Å²) in [6.07, 6.45) is 2.06. The molecule has 0 aliphatic heterocycles. The van der Waals surface area contributed by atoms with E-state index in [9.17, 15) is 18.3 Å². The zero-order chi connectivity index (χ0) is 17.8. The minimum Gasteiger partial charge on any atom is -0.472 e. The molecule has 0 saturated carbocycles. The van der Waals surface area contributed by atoms with Crippen LogP contribution >= 0.6 is 11.6 Å². The van der Waals surface area contributed by atoms with Gasteiger partial charge in [-0.3, -0.25) is 0 Å². The summed E-state index contributed by atoms with van der Waals surface area (Å²) in [5, 5.41) is 10.4. The first-order valence-corrected chi connectivity index (χ1v) is 8.03. The highest BCUT2D eigenvalue weighted by Crippen LogP contribution is 2.47. The topological polar surface area (TPSA) is 38.3 Å². The van der Waals surface area contributed by atoms with Gasteiger partial charge in [-0.15, -0.1) is 0 Å². The van der Waals surface area contributed by atoms with Crippen molar-refractivity contribution in [3.05, 3.63) is 65.1 Å². The number of alkyl halides is 2. The van der Waals surface area contributed by atoms with Crippen molar-refractivity contribution in [3.63, 3.8) is 0 Å². The van der Waals surface area contributed by atoms with Crippen molar-refractivity contribution < 1.29 is 22.7 Å². The summed E-state index contributed by atoms with van der Waals surface area (Å²) in [7, 11) is 0. The number of hydrogen-bond acceptors (Lipinski definition) is 2. The molecule has 1 aliphatic rings. The van der Waals surface area contributed by atoms with Crippen LogP contribution in [0.5, 0.6) is 0 Å². The predicted octanol–water partition coefficient (Wildman–Crippen LogP) is 5.14. The second-order valence-corrected chi connectivity index (χ2v) is 6.51. The standard InChI is InChI=1S/C18H13ClF3NO2/c19-11-5-12(20)7-13(6-11)23-8-14(10-2-4-25-9-10)16-15(23)1-3-18(21,22)17(16)24/h2,4-9,17,24H,1,3H2. The number of furan rings is 1. The molecule has 1 aromatic carbocycles. The van der Waals surface area contributed by atoms with Crippen molar-refractivity contribution in [2.24, 2.45) is 0 Å². The van der Waals surface area contributed by atoms with Crippen LogP contribution in [0.15, 0.2) is 47.4 Å². The minimum absolute atomic E-state index is 0.0470. The maximum atomic E-state index is 14.1. The summed E-state index contributed by atoms with van der Waals surface area (Å²) in [6.45, 7) is 0. The highest BCUT2D eigenvalue weighted by atomic mass is 35.5. The minimum atomic E-state index is -3.22. The average Bonchev–Trinajstić information content (AvgIpc) is 3.17. The lowest BCUT2D eigenvalue weighted by Crippen LogP contribution is -2.32. The molecule has 7 heteroatoms. The SMILES string of the molecule is OC1c2c(-c3ccoc3)cn(-c3cc(F)cc(Cl)c3)c2CCC1(F)F. The summed E-state index contributed by atoms with van der Waals surface area (Å²) in [5.74, 6) is -3.76. The molecule has 0 amide bonds. The first-order chi connectivity index (χ1) is 11.9. The summed E-state index contributed by atoms with van der Waals surface area (Å²) in [4.78, 5) is 0. The third kappa shape index (κ3) is 2.65. The molecule has 2 aromatic heterocycles. The van der Waals surface area contributed by atoms with Gasteiger partial charge in [-0.1, -0.05) is 11.6 Å². The monoisotopic (exact) mass is 367 g/mol. The Kier molecular flexibility index (Phi) is 3.70. The summed E-state index contributed by atoms with van der Waals surface area (Å²) in [5.41, 5.74) is 2.05. The van der Waals surface area contributed by atoms with Crippen molar-refractivity contribution in [3.8, 4) is 16.8 Å². The number of nitrogens with zero attached hydrogens (tertiary/aromatic N) is 1. The van der Waals surface area contributed by atoms with Crippen molar-refractivity contribution in [2.75, 3.05) is 0 Å². The fourth-order valence-electron chi connectivity index (χ4n) is 3.31. The van der Waals surface area contributed by atoms with Gasteiger partial charge >= 0.3 is 0 Å². The fraction of sp³-hybridized carbons (Fsp3) is 0.222. The van der Waals surface area contributed by atoms with E-state index in [1.807, 2.05) is 0 Å². The molecule has 0 spiro atoms. The lowest BCUT2D eigenvalue weighted by Gasteiger charge is -2.29. The quantitative estimate of drug-likeness (QED) is 0.680. The average molecular weight is 368 g/mol. The van der Waals surface area contributed by atoms with Gasteiger partial charge in [0.2, 0.25) is 0 Å². The number of aliphatic hydroxyl groups is 1. The zero-order valence-electron chi connectivity index (χ0n) is 12.8. The Morgan fingerprint density at radius 3 is 2.76 bits per heavy atom. The third-order valence-electron chi connectivity index (χ3n) is 4.48. The second kappa shape index (κ2) is 5.68. The van der Waals surface area contributed by atoms with E-state index in [0.29, 0.717) is 22.5 Å². The maximum Gasteiger partial charge on any atom is 0.278 e. The van der Waals surface area contributed by atoms with Crippen LogP contribution in [0.3, 0.4) is 0 Å². The van der Waals surface area contributed by atoms with Gasteiger partial charge in [0.1, 0.15) is 11.9 Å². The Morgan fingerprint density at radius 1 is 1.28 bits per heavy atom. The van der Waals surface area contributed by atoms with E-state index in [2.05, 4.69) is 0 Å². The summed E-state index contributed by atoms with van der Waals surface area (Å²) >= 11 is 5.93. The molecule has 0 fully saturated rings. The number of hydrogen-bond donors (Lipinski definition) is 1. The molecule has 1 unspecified atom stereocenters. The molecule has 0 saturated heterocycles. The second-order valence-electron chi connectivity index (χ2n) is 6.08. The van der Waals surface area contributed by atoms with Crippen LogP contribution < -0.4 is 0 Å². The van der Waals surface area contributed by atoms with E-state index in [0.717, 1.165) is 0 Å². The van der Waals surface area contributed by atoms with Gasteiger partial charge in [-0.05, 0) is 30.7 Å². The number of aromatic nitrogens is 1. The van der Waals surface area contributed by atoms with Crippen molar-refractivity contribution in [2.45, 2.75) is 24.9 Å². The van der Waals surface area contributed by atoms with Crippen LogP contribution in [0.2, 0.25) is 5.02 Å². The number of halogens is 4. The lowest BCUT2D eigenvalue weighted by atomic mass is 9.88. The highest BCUT2D eigenvalue weighted by molar-refractivity contribution is 6.30. The van der Waals surface area contributed by atoms with Crippen molar-refractivity contribution >= 4 is 11.6 Å². The van der Waals surface area contributed by atoms with Crippen molar-refractivity contribution in [1.82, 2.24) is 4.57 Å². The Labute approximate surface area is 146 Å². The normalized spacial score (nSPS) is 19.0. The molecular formula is C18H13ClF3NO2. The summed E-state index contributed by atoms with van der Waals surface area (Å²) in [6, 6.07) is 5.60. The van der Waals surface area contributed by atoms with Gasteiger partial charge in [-0.2, -0.15) is 0 Å². The maximum absolute atomic E-state index is 14.1. The molecular weight excluding hydrogens is 355 g/mol. The van der Waals surface area contributed by atoms with Crippen LogP contribution in [0.4, 0.5) is 13.2 Å². The third-order valence-corrected chi connectivity index (χ3v) is 4.69. The van der Waals surface area contributed by atoms with E-state index in [1.165, 1.54) is 24.7 Å². The van der Waals surface area contributed by atoms with Gasteiger partial charge in [-0.25, -0.2) is 13.2 Å². The van der Waals surface area contributed by atoms with Crippen LogP contribution in [0, 0.1) is 5.82 Å².